The third-order valence-corrected chi connectivity index (χ3v) is 5.79. The van der Waals surface area contributed by atoms with Crippen LogP contribution in [0.5, 0.6) is 5.75 Å². The van der Waals surface area contributed by atoms with Crippen LogP contribution in [0.3, 0.4) is 0 Å². The molecule has 0 aliphatic carbocycles. The van der Waals surface area contributed by atoms with Gasteiger partial charge in [-0.15, -0.1) is 0 Å². The molecule has 2 aromatic rings. The van der Waals surface area contributed by atoms with Crippen LogP contribution in [0.4, 0.5) is 0 Å². The topological polar surface area (TPSA) is 38.2 Å². The van der Waals surface area contributed by atoms with Gasteiger partial charge < -0.3 is 4.74 Å². The zero-order valence-corrected chi connectivity index (χ0v) is 16.2. The van der Waals surface area contributed by atoms with Crippen LogP contribution in [0.15, 0.2) is 24.4 Å². The molecule has 1 saturated heterocycles. The van der Waals surface area contributed by atoms with E-state index in [-0.39, 0.29) is 0 Å². The molecule has 2 atom stereocenters. The lowest BCUT2D eigenvalue weighted by Crippen LogP contribution is -2.38. The lowest BCUT2D eigenvalue weighted by atomic mass is 9.90. The summed E-state index contributed by atoms with van der Waals surface area (Å²) >= 11 is 0. The van der Waals surface area contributed by atoms with Crippen molar-refractivity contribution in [3.05, 3.63) is 52.6 Å². The fraction of sp³-hybridized carbons (Fsp3) is 0.545. The summed E-state index contributed by atoms with van der Waals surface area (Å²) in [4.78, 5) is 11.8. The van der Waals surface area contributed by atoms with Crippen LogP contribution in [0.2, 0.25) is 0 Å². The van der Waals surface area contributed by atoms with Gasteiger partial charge in [-0.1, -0.05) is 0 Å². The number of hydrogen-bond donors (Lipinski definition) is 0. The van der Waals surface area contributed by atoms with Gasteiger partial charge in [0.15, 0.2) is 0 Å². The molecule has 0 amide bonds. The second kappa shape index (κ2) is 7.36. The van der Waals surface area contributed by atoms with E-state index in [9.17, 15) is 0 Å². The van der Waals surface area contributed by atoms with E-state index in [1.54, 1.807) is 0 Å². The maximum absolute atomic E-state index is 5.71. The third kappa shape index (κ3) is 3.75. The first-order valence-corrected chi connectivity index (χ1v) is 9.88. The Morgan fingerprint density at radius 2 is 2.04 bits per heavy atom. The van der Waals surface area contributed by atoms with Crippen molar-refractivity contribution in [1.82, 2.24) is 14.9 Å². The highest BCUT2D eigenvalue weighted by Crippen LogP contribution is 2.32. The Labute approximate surface area is 156 Å². The number of aryl methyl sites for hydroxylation is 2. The van der Waals surface area contributed by atoms with Gasteiger partial charge in [-0.25, -0.2) is 0 Å². The smallest absolute Gasteiger partial charge is 0.141 e. The molecule has 138 valence electrons. The largest absolute Gasteiger partial charge is 0.491 e. The molecule has 4 heteroatoms. The molecule has 2 aromatic heterocycles. The Morgan fingerprint density at radius 3 is 2.85 bits per heavy atom. The van der Waals surface area contributed by atoms with Crippen LogP contribution in [0.25, 0.3) is 0 Å². The van der Waals surface area contributed by atoms with Gasteiger partial charge in [0, 0.05) is 36.6 Å². The first kappa shape index (κ1) is 17.5. The maximum atomic E-state index is 5.71. The zero-order chi connectivity index (χ0) is 18.1. The summed E-state index contributed by atoms with van der Waals surface area (Å²) in [6.45, 7) is 9.59. The number of ether oxygens (including phenoxy) is 1. The van der Waals surface area contributed by atoms with Crippen molar-refractivity contribution in [2.75, 3.05) is 19.7 Å². The molecule has 2 aliphatic rings. The Bertz CT molecular complexity index is 769. The second-order valence-electron chi connectivity index (χ2n) is 7.95. The Morgan fingerprint density at radius 1 is 1.23 bits per heavy atom. The molecular formula is C22H29N3O. The number of rotatable bonds is 4. The van der Waals surface area contributed by atoms with E-state index in [1.807, 2.05) is 0 Å². The highest BCUT2D eigenvalue weighted by atomic mass is 16.5. The summed E-state index contributed by atoms with van der Waals surface area (Å²) in [7, 11) is 0. The fourth-order valence-electron chi connectivity index (χ4n) is 4.49. The molecule has 4 rings (SSSR count). The van der Waals surface area contributed by atoms with E-state index in [4.69, 9.17) is 4.74 Å². The molecular weight excluding hydrogens is 322 g/mol. The van der Waals surface area contributed by atoms with Crippen molar-refractivity contribution in [3.8, 4) is 5.75 Å². The predicted molar refractivity (Wildman–Crippen MR) is 104 cm³/mol. The van der Waals surface area contributed by atoms with Gasteiger partial charge in [-0.05, 0) is 81.8 Å². The summed E-state index contributed by atoms with van der Waals surface area (Å²) in [6, 6.07) is 7.09. The Balaban J connectivity index is 1.44. The average Bonchev–Trinajstić information content (AvgIpc) is 3.08. The number of likely N-dealkylation sites (tertiary alicyclic amines) is 1. The maximum Gasteiger partial charge on any atom is 0.141 e. The Hall–Kier alpha value is -1.94. The van der Waals surface area contributed by atoms with Gasteiger partial charge in [-0.2, -0.15) is 0 Å². The standard InChI is InChI=1S/C22H29N3O/c1-15-9-19(10-16(2)24-15)11-18-5-4-7-25(14-18)17(3)20-12-22-21(23-13-20)6-8-26-22/h9-10,12-13,17-18H,4-8,11,14H2,1-3H3. The van der Waals surface area contributed by atoms with Gasteiger partial charge in [-0.3, -0.25) is 14.9 Å². The van der Waals surface area contributed by atoms with Crippen LogP contribution in [0.1, 0.15) is 54.0 Å². The molecule has 2 aliphatic heterocycles. The number of piperidine rings is 1. The molecule has 0 bridgehead atoms. The molecule has 4 nitrogen and oxygen atoms in total. The minimum absolute atomic E-state index is 0.390. The van der Waals surface area contributed by atoms with Gasteiger partial charge in [0.1, 0.15) is 5.75 Å². The van der Waals surface area contributed by atoms with Crippen LogP contribution in [0, 0.1) is 19.8 Å². The second-order valence-corrected chi connectivity index (χ2v) is 7.95. The van der Waals surface area contributed by atoms with Crippen molar-refractivity contribution < 1.29 is 4.74 Å². The van der Waals surface area contributed by atoms with Crippen LogP contribution < -0.4 is 4.74 Å². The summed E-state index contributed by atoms with van der Waals surface area (Å²) in [5.41, 5.74) is 6.08. The van der Waals surface area contributed by atoms with Crippen molar-refractivity contribution in [1.29, 1.82) is 0 Å². The van der Waals surface area contributed by atoms with Gasteiger partial charge in [0.25, 0.3) is 0 Å². The molecule has 0 N–H and O–H groups in total. The third-order valence-electron chi connectivity index (χ3n) is 5.79. The predicted octanol–water partition coefficient (Wildman–Crippen LogP) is 4.04. The number of pyridine rings is 2. The number of aromatic nitrogens is 2. The molecule has 0 aromatic carbocycles. The van der Waals surface area contributed by atoms with E-state index in [0.717, 1.165) is 48.8 Å². The number of fused-ring (bicyclic) bond motifs is 1. The van der Waals surface area contributed by atoms with Crippen LogP contribution in [-0.4, -0.2) is 34.6 Å². The molecule has 26 heavy (non-hydrogen) atoms. The average molecular weight is 351 g/mol. The van der Waals surface area contributed by atoms with Crippen molar-refractivity contribution >= 4 is 0 Å². The fourth-order valence-corrected chi connectivity index (χ4v) is 4.49. The summed E-state index contributed by atoms with van der Waals surface area (Å²) in [5.74, 6) is 1.71. The van der Waals surface area contributed by atoms with Crippen molar-refractivity contribution in [2.45, 2.75) is 52.5 Å². The number of nitrogens with zero attached hydrogens (tertiary/aromatic N) is 3. The summed E-state index contributed by atoms with van der Waals surface area (Å²) in [6.07, 6.45) is 6.74. The lowest BCUT2D eigenvalue weighted by Gasteiger charge is -2.37. The van der Waals surface area contributed by atoms with Gasteiger partial charge in [0.2, 0.25) is 0 Å². The van der Waals surface area contributed by atoms with E-state index in [0.29, 0.717) is 12.0 Å². The minimum atomic E-state index is 0.390. The molecule has 0 radical (unpaired) electrons. The van der Waals surface area contributed by atoms with E-state index in [1.165, 1.54) is 30.5 Å². The van der Waals surface area contributed by atoms with Gasteiger partial charge in [0.05, 0.1) is 12.3 Å². The van der Waals surface area contributed by atoms with E-state index in [2.05, 4.69) is 60.0 Å². The highest BCUT2D eigenvalue weighted by Gasteiger charge is 2.26. The van der Waals surface area contributed by atoms with Crippen molar-refractivity contribution in [2.24, 2.45) is 5.92 Å². The lowest BCUT2D eigenvalue weighted by molar-refractivity contribution is 0.131. The highest BCUT2D eigenvalue weighted by molar-refractivity contribution is 5.35. The number of hydrogen-bond acceptors (Lipinski definition) is 4. The van der Waals surface area contributed by atoms with Gasteiger partial charge >= 0.3 is 0 Å². The molecule has 1 fully saturated rings. The van der Waals surface area contributed by atoms with Crippen LogP contribution >= 0.6 is 0 Å². The van der Waals surface area contributed by atoms with Crippen molar-refractivity contribution in [3.63, 3.8) is 0 Å². The van der Waals surface area contributed by atoms with E-state index >= 15 is 0 Å². The first-order chi connectivity index (χ1) is 12.6. The summed E-state index contributed by atoms with van der Waals surface area (Å²) < 4.78 is 5.71. The molecule has 4 heterocycles. The molecule has 0 saturated carbocycles. The molecule has 2 unspecified atom stereocenters. The SMILES string of the molecule is Cc1cc(CC2CCCN(C(C)c3cnc4c(c3)OCC4)C2)cc(C)n1. The summed E-state index contributed by atoms with van der Waals surface area (Å²) in [5, 5.41) is 0. The molecule has 0 spiro atoms. The quantitative estimate of drug-likeness (QED) is 0.833. The first-order valence-electron chi connectivity index (χ1n) is 9.88. The zero-order valence-electron chi connectivity index (χ0n) is 16.2. The Kier molecular flexibility index (Phi) is 4.94. The van der Waals surface area contributed by atoms with Crippen LogP contribution in [-0.2, 0) is 12.8 Å². The normalized spacial score (nSPS) is 21.3. The van der Waals surface area contributed by atoms with E-state index < -0.39 is 0 Å². The minimum Gasteiger partial charge on any atom is -0.491 e. The monoisotopic (exact) mass is 351 g/mol.